The number of allylic oxidation sites excluding steroid dienone is 4. The van der Waals surface area contributed by atoms with Gasteiger partial charge in [-0.25, -0.2) is 4.79 Å². The molecule has 3 amide bonds. The lowest BCUT2D eigenvalue weighted by molar-refractivity contribution is -0.143. The Bertz CT molecular complexity index is 962. The highest BCUT2D eigenvalue weighted by atomic mass is 16.6. The van der Waals surface area contributed by atoms with E-state index in [1.54, 1.807) is 31.7 Å². The molecule has 2 saturated heterocycles. The van der Waals surface area contributed by atoms with Gasteiger partial charge in [-0.1, -0.05) is 36.0 Å². The number of fused-ring (bicyclic) bond motifs is 1. The number of hydrogen-bond donors (Lipinski definition) is 2. The van der Waals surface area contributed by atoms with Crippen molar-refractivity contribution in [3.05, 3.63) is 46.9 Å². The second-order valence-corrected chi connectivity index (χ2v) is 10.7. The minimum atomic E-state index is -0.863. The highest BCUT2D eigenvalue weighted by Crippen LogP contribution is 2.33. The molecular weight excluding hydrogens is 460 g/mol. The number of rotatable bonds is 6. The van der Waals surface area contributed by atoms with Crippen LogP contribution in [-0.2, 0) is 14.3 Å². The van der Waals surface area contributed by atoms with Crippen LogP contribution in [0, 0.1) is 0 Å². The van der Waals surface area contributed by atoms with Crippen molar-refractivity contribution in [2.24, 2.45) is 5.11 Å². The Kier molecular flexibility index (Phi) is 9.20. The fraction of sp³-hybridized carbons (Fsp3) is 0.654. The Labute approximate surface area is 212 Å². The highest BCUT2D eigenvalue weighted by Gasteiger charge is 2.45. The molecule has 0 unspecified atom stereocenters. The second-order valence-electron chi connectivity index (χ2n) is 10.7. The van der Waals surface area contributed by atoms with Gasteiger partial charge in [0.15, 0.2) is 0 Å². The first-order chi connectivity index (χ1) is 17.1. The van der Waals surface area contributed by atoms with Crippen LogP contribution < -0.4 is 10.6 Å². The van der Waals surface area contributed by atoms with Gasteiger partial charge in [-0.15, -0.1) is 0 Å². The van der Waals surface area contributed by atoms with Crippen LogP contribution in [0.25, 0.3) is 10.4 Å². The van der Waals surface area contributed by atoms with Crippen LogP contribution >= 0.6 is 0 Å². The van der Waals surface area contributed by atoms with Gasteiger partial charge in [0.25, 0.3) is 0 Å². The lowest BCUT2D eigenvalue weighted by atomic mass is 9.94. The van der Waals surface area contributed by atoms with E-state index in [2.05, 4.69) is 33.3 Å². The van der Waals surface area contributed by atoms with Gasteiger partial charge in [-0.2, -0.15) is 0 Å². The van der Waals surface area contributed by atoms with Crippen molar-refractivity contribution in [3.63, 3.8) is 0 Å². The molecule has 3 aliphatic rings. The summed E-state index contributed by atoms with van der Waals surface area (Å²) in [5.41, 5.74) is 9.45. The molecule has 3 rings (SSSR count). The maximum atomic E-state index is 13.7. The normalized spacial score (nSPS) is 28.8. The van der Waals surface area contributed by atoms with E-state index in [-0.39, 0.29) is 29.9 Å². The summed E-state index contributed by atoms with van der Waals surface area (Å²) >= 11 is 0. The molecule has 196 valence electrons. The van der Waals surface area contributed by atoms with E-state index in [1.165, 1.54) is 0 Å². The summed E-state index contributed by atoms with van der Waals surface area (Å²) in [5.74, 6) is -0.491. The molecule has 1 aliphatic carbocycles. The highest BCUT2D eigenvalue weighted by molar-refractivity contribution is 5.92. The van der Waals surface area contributed by atoms with Crippen molar-refractivity contribution in [3.8, 4) is 0 Å². The molecule has 0 aromatic rings. The summed E-state index contributed by atoms with van der Waals surface area (Å²) in [6.45, 7) is 8.95. The standard InChI is InChI=1S/C26H38N6O4/c1-5-6-8-17-9-7-10-18(15-17)28-23(33)22-14-12-20-16-19(30-31-27)11-13-21(24(34)32(20)22)29-25(35)36-26(2,3)4/h5-6,8,15,18-22H,1,7,9-14,16H2,2-4H3,(H,28,33)(H,29,35)/b8-6-/t18-,19+,20-,21+,22+/m1/s1. The Hall–Kier alpha value is -3.26. The van der Waals surface area contributed by atoms with E-state index < -0.39 is 23.8 Å². The van der Waals surface area contributed by atoms with Crippen molar-refractivity contribution in [1.82, 2.24) is 15.5 Å². The number of hydrogen-bond acceptors (Lipinski definition) is 5. The summed E-state index contributed by atoms with van der Waals surface area (Å²) in [7, 11) is 0. The van der Waals surface area contributed by atoms with Gasteiger partial charge >= 0.3 is 6.09 Å². The zero-order chi connectivity index (χ0) is 26.3. The summed E-state index contributed by atoms with van der Waals surface area (Å²) in [6.07, 6.45) is 12.1. The largest absolute Gasteiger partial charge is 0.444 e. The van der Waals surface area contributed by atoms with Gasteiger partial charge in [0.05, 0.1) is 0 Å². The van der Waals surface area contributed by atoms with Crippen LogP contribution in [0.2, 0.25) is 0 Å². The average molecular weight is 499 g/mol. The van der Waals surface area contributed by atoms with E-state index in [9.17, 15) is 14.4 Å². The van der Waals surface area contributed by atoms with Gasteiger partial charge < -0.3 is 20.3 Å². The number of nitrogens with one attached hydrogen (secondary N) is 2. The van der Waals surface area contributed by atoms with E-state index in [0.717, 1.165) is 24.8 Å². The van der Waals surface area contributed by atoms with E-state index in [1.807, 2.05) is 12.2 Å². The van der Waals surface area contributed by atoms with Gasteiger partial charge in [-0.05, 0) is 83.2 Å². The summed E-state index contributed by atoms with van der Waals surface area (Å²) in [4.78, 5) is 44.1. The van der Waals surface area contributed by atoms with Gasteiger partial charge in [0, 0.05) is 23.0 Å². The third-order valence-electron chi connectivity index (χ3n) is 6.77. The molecule has 2 fully saturated rings. The molecule has 0 spiro atoms. The molecule has 0 bridgehead atoms. The Morgan fingerprint density at radius 2 is 2.00 bits per heavy atom. The molecular formula is C26H38N6O4. The molecule has 0 aromatic heterocycles. The number of nitrogens with zero attached hydrogens (tertiary/aromatic N) is 4. The van der Waals surface area contributed by atoms with Gasteiger partial charge in [-0.3, -0.25) is 9.59 Å². The van der Waals surface area contributed by atoms with Crippen LogP contribution in [0.15, 0.2) is 41.6 Å². The quantitative estimate of drug-likeness (QED) is 0.242. The van der Waals surface area contributed by atoms with E-state index >= 15 is 0 Å². The molecule has 0 aromatic carbocycles. The fourth-order valence-electron chi connectivity index (χ4n) is 5.24. The molecule has 0 radical (unpaired) electrons. The minimum absolute atomic E-state index is 0.105. The molecule has 0 saturated carbocycles. The van der Waals surface area contributed by atoms with Crippen LogP contribution in [0.5, 0.6) is 0 Å². The average Bonchev–Trinajstić information content (AvgIpc) is 3.21. The third kappa shape index (κ3) is 7.37. The van der Waals surface area contributed by atoms with Crippen LogP contribution in [0.3, 0.4) is 0 Å². The van der Waals surface area contributed by atoms with E-state index in [4.69, 9.17) is 10.3 Å². The zero-order valence-electron chi connectivity index (χ0n) is 21.5. The Morgan fingerprint density at radius 1 is 1.22 bits per heavy atom. The Morgan fingerprint density at radius 3 is 2.69 bits per heavy atom. The predicted molar refractivity (Wildman–Crippen MR) is 137 cm³/mol. The topological polar surface area (TPSA) is 137 Å². The van der Waals surface area contributed by atoms with Gasteiger partial charge in [0.1, 0.15) is 17.7 Å². The molecule has 2 heterocycles. The third-order valence-corrected chi connectivity index (χ3v) is 6.77. The molecule has 10 heteroatoms. The molecule has 2 N–H and O–H groups in total. The lowest BCUT2D eigenvalue weighted by Gasteiger charge is -2.37. The number of carbonyl (C=O) groups excluding carboxylic acids is 3. The molecule has 10 nitrogen and oxygen atoms in total. The molecule has 36 heavy (non-hydrogen) atoms. The summed E-state index contributed by atoms with van der Waals surface area (Å²) < 4.78 is 5.36. The molecule has 5 atom stereocenters. The van der Waals surface area contributed by atoms with Crippen molar-refractivity contribution >= 4 is 17.9 Å². The van der Waals surface area contributed by atoms with Crippen molar-refractivity contribution < 1.29 is 19.1 Å². The number of ether oxygens (including phenoxy) is 1. The lowest BCUT2D eigenvalue weighted by Crippen LogP contribution is -2.58. The van der Waals surface area contributed by atoms with Crippen LogP contribution in [0.1, 0.15) is 72.1 Å². The fourth-order valence-corrected chi connectivity index (χ4v) is 5.24. The SMILES string of the molecule is C=C/C=C\C1=C[C@H](NC(=O)[C@@H]2CC[C@@H]3C[C@@H](N=[N+]=[N-])CC[C@H](NC(=O)OC(C)(C)C)C(=O)N32)CCC1. The Balaban J connectivity index is 1.78. The van der Waals surface area contributed by atoms with Crippen LogP contribution in [0.4, 0.5) is 4.79 Å². The first-order valence-electron chi connectivity index (χ1n) is 12.8. The van der Waals surface area contributed by atoms with E-state index in [0.29, 0.717) is 32.1 Å². The summed E-state index contributed by atoms with van der Waals surface area (Å²) in [5, 5.41) is 9.72. The number of alkyl carbamates (subject to hydrolysis) is 1. The number of carbonyl (C=O) groups is 3. The number of azide groups is 1. The van der Waals surface area contributed by atoms with Crippen molar-refractivity contribution in [1.29, 1.82) is 0 Å². The first kappa shape index (κ1) is 27.3. The van der Waals surface area contributed by atoms with Gasteiger partial charge in [0.2, 0.25) is 11.8 Å². The second kappa shape index (κ2) is 12.1. The van der Waals surface area contributed by atoms with Crippen LogP contribution in [-0.4, -0.2) is 58.6 Å². The smallest absolute Gasteiger partial charge is 0.408 e. The zero-order valence-corrected chi connectivity index (χ0v) is 21.5. The van der Waals surface area contributed by atoms with Crippen molar-refractivity contribution in [2.75, 3.05) is 0 Å². The maximum Gasteiger partial charge on any atom is 0.408 e. The summed E-state index contributed by atoms with van der Waals surface area (Å²) in [6, 6.07) is -2.16. The molecule has 2 aliphatic heterocycles. The maximum absolute atomic E-state index is 13.7. The minimum Gasteiger partial charge on any atom is -0.444 e. The monoisotopic (exact) mass is 498 g/mol. The predicted octanol–water partition coefficient (Wildman–Crippen LogP) is 4.44. The van der Waals surface area contributed by atoms with Crippen molar-refractivity contribution in [2.45, 2.75) is 108 Å². The number of amides is 3. The first-order valence-corrected chi connectivity index (χ1v) is 12.8.